The summed E-state index contributed by atoms with van der Waals surface area (Å²) < 4.78 is 9.93. The largest absolute Gasteiger partial charge is 0.469 e. The number of esters is 1. The quantitative estimate of drug-likeness (QED) is 0.594. The first-order valence-electron chi connectivity index (χ1n) is 4.16. The molecule has 1 heterocycles. The molecule has 70 valence electrons. The normalized spacial score (nSPS) is 29.8. The summed E-state index contributed by atoms with van der Waals surface area (Å²) in [6, 6.07) is 0.103. The fourth-order valence-corrected chi connectivity index (χ4v) is 1.27. The second-order valence-corrected chi connectivity index (χ2v) is 2.92. The second kappa shape index (κ2) is 4.42. The highest BCUT2D eigenvalue weighted by atomic mass is 16.5. The Hall–Kier alpha value is -0.610. The first-order chi connectivity index (χ1) is 5.74. The molecular weight excluding hydrogens is 158 g/mol. The van der Waals surface area contributed by atoms with Gasteiger partial charge in [-0.15, -0.1) is 0 Å². The van der Waals surface area contributed by atoms with Crippen molar-refractivity contribution < 1.29 is 14.3 Å². The van der Waals surface area contributed by atoms with Crippen LogP contribution in [-0.2, 0) is 14.3 Å². The molecule has 1 aliphatic heterocycles. The molecule has 1 saturated heterocycles. The molecule has 0 aromatic carbocycles. The number of ether oxygens (including phenoxy) is 2. The first kappa shape index (κ1) is 9.48. The minimum absolute atomic E-state index is 0.0952. The molecule has 1 N–H and O–H groups in total. The average Bonchev–Trinajstić information content (AvgIpc) is 2.09. The van der Waals surface area contributed by atoms with Gasteiger partial charge in [-0.1, -0.05) is 0 Å². The van der Waals surface area contributed by atoms with Crippen molar-refractivity contribution in [3.63, 3.8) is 0 Å². The molecule has 0 spiro atoms. The van der Waals surface area contributed by atoms with Gasteiger partial charge in [0.1, 0.15) is 0 Å². The first-order valence-corrected chi connectivity index (χ1v) is 4.16. The average molecular weight is 173 g/mol. The summed E-state index contributed by atoms with van der Waals surface area (Å²) in [5.41, 5.74) is 0. The Bertz CT molecular complexity index is 160. The standard InChI is InChI=1S/C8H15NO3/c1-6-7(5-8(10)11-2)9-3-4-12-6/h6-7,9H,3-5H2,1-2H3. The zero-order valence-corrected chi connectivity index (χ0v) is 7.50. The van der Waals surface area contributed by atoms with Crippen LogP contribution in [0.5, 0.6) is 0 Å². The minimum Gasteiger partial charge on any atom is -0.469 e. The summed E-state index contributed by atoms with van der Waals surface area (Å²) in [6.45, 7) is 3.49. The molecule has 1 fully saturated rings. The summed E-state index contributed by atoms with van der Waals surface area (Å²) in [4.78, 5) is 10.9. The van der Waals surface area contributed by atoms with Crippen molar-refractivity contribution >= 4 is 5.97 Å². The van der Waals surface area contributed by atoms with Crippen molar-refractivity contribution in [2.45, 2.75) is 25.5 Å². The zero-order valence-electron chi connectivity index (χ0n) is 7.50. The van der Waals surface area contributed by atoms with Crippen LogP contribution in [0.1, 0.15) is 13.3 Å². The Morgan fingerprint density at radius 1 is 1.75 bits per heavy atom. The summed E-state index contributed by atoms with van der Waals surface area (Å²) in [5.74, 6) is -0.190. The molecular formula is C8H15NO3. The maximum atomic E-state index is 10.9. The Balaban J connectivity index is 2.33. The van der Waals surface area contributed by atoms with Crippen molar-refractivity contribution in [2.75, 3.05) is 20.3 Å². The Morgan fingerprint density at radius 2 is 2.50 bits per heavy atom. The van der Waals surface area contributed by atoms with Gasteiger partial charge in [-0.05, 0) is 6.92 Å². The van der Waals surface area contributed by atoms with Gasteiger partial charge in [0.05, 0.1) is 26.2 Å². The maximum absolute atomic E-state index is 10.9. The van der Waals surface area contributed by atoms with E-state index in [-0.39, 0.29) is 18.1 Å². The maximum Gasteiger partial charge on any atom is 0.307 e. The van der Waals surface area contributed by atoms with Gasteiger partial charge in [0.2, 0.25) is 0 Å². The Kier molecular flexibility index (Phi) is 3.49. The molecule has 12 heavy (non-hydrogen) atoms. The van der Waals surface area contributed by atoms with Crippen molar-refractivity contribution in [3.8, 4) is 0 Å². The lowest BCUT2D eigenvalue weighted by Crippen LogP contribution is -2.48. The van der Waals surface area contributed by atoms with E-state index >= 15 is 0 Å². The molecule has 1 rings (SSSR count). The monoisotopic (exact) mass is 173 g/mol. The molecule has 2 unspecified atom stereocenters. The Morgan fingerprint density at radius 3 is 3.08 bits per heavy atom. The van der Waals surface area contributed by atoms with Crippen molar-refractivity contribution in [3.05, 3.63) is 0 Å². The smallest absolute Gasteiger partial charge is 0.307 e. The molecule has 0 aromatic rings. The fourth-order valence-electron chi connectivity index (χ4n) is 1.27. The molecule has 0 amide bonds. The fraction of sp³-hybridized carbons (Fsp3) is 0.875. The highest BCUT2D eigenvalue weighted by Crippen LogP contribution is 2.07. The number of rotatable bonds is 2. The second-order valence-electron chi connectivity index (χ2n) is 2.92. The summed E-state index contributed by atoms with van der Waals surface area (Å²) in [7, 11) is 1.40. The van der Waals surface area contributed by atoms with E-state index in [1.165, 1.54) is 7.11 Å². The third-order valence-corrected chi connectivity index (χ3v) is 2.07. The molecule has 0 aliphatic carbocycles. The number of hydrogen-bond donors (Lipinski definition) is 1. The van der Waals surface area contributed by atoms with E-state index in [4.69, 9.17) is 4.74 Å². The lowest BCUT2D eigenvalue weighted by atomic mass is 10.1. The van der Waals surface area contributed by atoms with Gasteiger partial charge in [0.15, 0.2) is 0 Å². The number of carbonyl (C=O) groups is 1. The van der Waals surface area contributed by atoms with E-state index in [0.29, 0.717) is 6.42 Å². The van der Waals surface area contributed by atoms with Gasteiger partial charge in [0, 0.05) is 12.6 Å². The van der Waals surface area contributed by atoms with Crippen LogP contribution in [0.3, 0.4) is 0 Å². The van der Waals surface area contributed by atoms with Gasteiger partial charge >= 0.3 is 5.97 Å². The number of carbonyl (C=O) groups excluding carboxylic acids is 1. The van der Waals surface area contributed by atoms with Crippen LogP contribution in [0.15, 0.2) is 0 Å². The molecule has 4 heteroatoms. The van der Waals surface area contributed by atoms with Crippen molar-refractivity contribution in [1.82, 2.24) is 5.32 Å². The highest BCUT2D eigenvalue weighted by molar-refractivity contribution is 5.70. The van der Waals surface area contributed by atoms with E-state index in [9.17, 15) is 4.79 Å². The van der Waals surface area contributed by atoms with Gasteiger partial charge in [-0.3, -0.25) is 4.79 Å². The van der Waals surface area contributed by atoms with E-state index < -0.39 is 0 Å². The van der Waals surface area contributed by atoms with E-state index in [0.717, 1.165) is 13.2 Å². The van der Waals surface area contributed by atoms with E-state index in [2.05, 4.69) is 10.1 Å². The van der Waals surface area contributed by atoms with Crippen LogP contribution in [0, 0.1) is 0 Å². The molecule has 2 atom stereocenters. The summed E-state index contributed by atoms with van der Waals surface area (Å²) in [5, 5.41) is 3.21. The van der Waals surface area contributed by atoms with Crippen LogP contribution >= 0.6 is 0 Å². The third-order valence-electron chi connectivity index (χ3n) is 2.07. The van der Waals surface area contributed by atoms with E-state index in [1.807, 2.05) is 6.92 Å². The van der Waals surface area contributed by atoms with Crippen molar-refractivity contribution in [1.29, 1.82) is 0 Å². The topological polar surface area (TPSA) is 47.6 Å². The Labute approximate surface area is 72.2 Å². The number of morpholine rings is 1. The van der Waals surface area contributed by atoms with Gasteiger partial charge in [0.25, 0.3) is 0 Å². The lowest BCUT2D eigenvalue weighted by Gasteiger charge is -2.29. The van der Waals surface area contributed by atoms with Crippen molar-refractivity contribution in [2.24, 2.45) is 0 Å². The van der Waals surface area contributed by atoms with Gasteiger partial charge in [-0.2, -0.15) is 0 Å². The van der Waals surface area contributed by atoms with Crippen LogP contribution in [0.2, 0.25) is 0 Å². The molecule has 1 aliphatic rings. The molecule has 0 radical (unpaired) electrons. The predicted octanol–water partition coefficient (Wildman–Crippen LogP) is -0.0736. The number of nitrogens with one attached hydrogen (secondary N) is 1. The molecule has 0 saturated carbocycles. The van der Waals surface area contributed by atoms with Crippen LogP contribution < -0.4 is 5.32 Å². The van der Waals surface area contributed by atoms with Crippen LogP contribution in [0.25, 0.3) is 0 Å². The number of hydrogen-bond acceptors (Lipinski definition) is 4. The molecule has 0 aromatic heterocycles. The van der Waals surface area contributed by atoms with E-state index in [1.54, 1.807) is 0 Å². The van der Waals surface area contributed by atoms with Crippen LogP contribution in [-0.4, -0.2) is 38.4 Å². The van der Waals surface area contributed by atoms with Gasteiger partial charge in [-0.25, -0.2) is 0 Å². The SMILES string of the molecule is COC(=O)CC1NCCOC1C. The zero-order chi connectivity index (χ0) is 8.97. The van der Waals surface area contributed by atoms with Crippen LogP contribution in [0.4, 0.5) is 0 Å². The third kappa shape index (κ3) is 2.46. The molecule has 0 bridgehead atoms. The highest BCUT2D eigenvalue weighted by Gasteiger charge is 2.23. The summed E-state index contributed by atoms with van der Waals surface area (Å²) >= 11 is 0. The lowest BCUT2D eigenvalue weighted by molar-refractivity contribution is -0.142. The summed E-state index contributed by atoms with van der Waals surface area (Å²) in [6.07, 6.45) is 0.482. The minimum atomic E-state index is -0.190. The van der Waals surface area contributed by atoms with Gasteiger partial charge < -0.3 is 14.8 Å². The molecule has 4 nitrogen and oxygen atoms in total. The number of methoxy groups -OCH3 is 1. The predicted molar refractivity (Wildman–Crippen MR) is 43.8 cm³/mol.